The lowest BCUT2D eigenvalue weighted by Gasteiger charge is -2.29. The van der Waals surface area contributed by atoms with Gasteiger partial charge in [-0.05, 0) is 39.0 Å². The van der Waals surface area contributed by atoms with Gasteiger partial charge in [-0.2, -0.15) is 0 Å². The number of benzene rings is 1. The largest absolute Gasteiger partial charge is 0.367 e. The number of fused-ring (bicyclic) bond motifs is 1. The molecule has 0 aromatic heterocycles. The summed E-state index contributed by atoms with van der Waals surface area (Å²) in [6, 6.07) is 6.58. The second kappa shape index (κ2) is 4.07. The van der Waals surface area contributed by atoms with Crippen molar-refractivity contribution in [3.8, 4) is 0 Å². The van der Waals surface area contributed by atoms with E-state index in [1.54, 1.807) is 38.1 Å². The van der Waals surface area contributed by atoms with Crippen molar-refractivity contribution in [2.45, 2.75) is 26.5 Å². The topological polar surface area (TPSA) is 57.6 Å². The molecular formula is C14H15NO3. The zero-order valence-electron chi connectivity index (χ0n) is 10.6. The Balaban J connectivity index is 2.49. The molecule has 0 bridgehead atoms. The first kappa shape index (κ1) is 12.5. The van der Waals surface area contributed by atoms with Crippen molar-refractivity contribution in [3.05, 3.63) is 47.0 Å². The summed E-state index contributed by atoms with van der Waals surface area (Å²) in [5.74, 6) is -0.920. The monoisotopic (exact) mass is 245 g/mol. The van der Waals surface area contributed by atoms with Gasteiger partial charge in [-0.25, -0.2) is 4.90 Å². The summed E-state index contributed by atoms with van der Waals surface area (Å²) in [6.45, 7) is 5.03. The number of carbonyl (C=O) groups excluding carboxylic acids is 2. The highest BCUT2D eigenvalue weighted by molar-refractivity contribution is 6.21. The van der Waals surface area contributed by atoms with Crippen molar-refractivity contribution >= 4 is 11.8 Å². The molecule has 1 aromatic rings. The van der Waals surface area contributed by atoms with Gasteiger partial charge in [-0.1, -0.05) is 17.7 Å². The maximum atomic E-state index is 12.2. The van der Waals surface area contributed by atoms with Gasteiger partial charge in [0.1, 0.15) is 0 Å². The maximum Gasteiger partial charge on any atom is 0.264 e. The van der Waals surface area contributed by atoms with Crippen LogP contribution in [0.25, 0.3) is 0 Å². The van der Waals surface area contributed by atoms with Crippen LogP contribution in [0.1, 0.15) is 41.5 Å². The second-order valence-corrected chi connectivity index (χ2v) is 4.81. The minimum atomic E-state index is -1.61. The van der Waals surface area contributed by atoms with Gasteiger partial charge in [0.15, 0.2) is 5.72 Å². The highest BCUT2D eigenvalue weighted by atomic mass is 16.3. The van der Waals surface area contributed by atoms with Crippen molar-refractivity contribution in [2.24, 2.45) is 0 Å². The number of carbonyl (C=O) groups is 2. The summed E-state index contributed by atoms with van der Waals surface area (Å²) in [5, 5.41) is 10.3. The SMILES string of the molecule is CC(C)=CC(C)(O)N1C(=O)c2ccccc2C1=O. The first-order valence-electron chi connectivity index (χ1n) is 5.71. The fourth-order valence-corrected chi connectivity index (χ4v) is 2.21. The Morgan fingerprint density at radius 3 is 2.00 bits per heavy atom. The van der Waals surface area contributed by atoms with E-state index in [0.717, 1.165) is 10.5 Å². The van der Waals surface area contributed by atoms with Crippen LogP contribution in [0.2, 0.25) is 0 Å². The third-order valence-electron chi connectivity index (χ3n) is 2.81. The predicted molar refractivity (Wildman–Crippen MR) is 67.0 cm³/mol. The minimum Gasteiger partial charge on any atom is -0.367 e. The molecule has 0 saturated heterocycles. The molecule has 94 valence electrons. The maximum absolute atomic E-state index is 12.2. The van der Waals surface area contributed by atoms with E-state index in [1.807, 2.05) is 0 Å². The van der Waals surface area contributed by atoms with Crippen molar-refractivity contribution in [1.82, 2.24) is 4.90 Å². The first-order chi connectivity index (χ1) is 8.34. The van der Waals surface area contributed by atoms with E-state index in [4.69, 9.17) is 0 Å². The quantitative estimate of drug-likeness (QED) is 0.640. The summed E-state index contributed by atoms with van der Waals surface area (Å²) in [6.07, 6.45) is 1.49. The summed E-state index contributed by atoms with van der Waals surface area (Å²) in [5.41, 5.74) is -0.0992. The average molecular weight is 245 g/mol. The van der Waals surface area contributed by atoms with Crippen LogP contribution < -0.4 is 0 Å². The first-order valence-corrected chi connectivity index (χ1v) is 5.71. The molecule has 0 aliphatic carbocycles. The van der Waals surface area contributed by atoms with E-state index in [9.17, 15) is 14.7 Å². The summed E-state index contributed by atoms with van der Waals surface area (Å²) < 4.78 is 0. The molecule has 2 amide bonds. The van der Waals surface area contributed by atoms with Gasteiger partial charge in [0.25, 0.3) is 11.8 Å². The molecule has 4 heteroatoms. The molecule has 1 aliphatic heterocycles. The number of imide groups is 1. The number of aliphatic hydroxyl groups is 1. The summed E-state index contributed by atoms with van der Waals surface area (Å²) in [4.78, 5) is 25.2. The van der Waals surface area contributed by atoms with Gasteiger partial charge in [-0.15, -0.1) is 0 Å². The fourth-order valence-electron chi connectivity index (χ4n) is 2.21. The Morgan fingerprint density at radius 1 is 1.17 bits per heavy atom. The van der Waals surface area contributed by atoms with Gasteiger partial charge in [0.2, 0.25) is 0 Å². The zero-order chi connectivity index (χ0) is 13.5. The number of rotatable bonds is 2. The lowest BCUT2D eigenvalue weighted by atomic mass is 10.1. The van der Waals surface area contributed by atoms with Gasteiger partial charge in [0, 0.05) is 0 Å². The number of allylic oxidation sites excluding steroid dienone is 1. The third kappa shape index (κ3) is 1.84. The summed E-state index contributed by atoms with van der Waals surface area (Å²) >= 11 is 0. The number of nitrogens with zero attached hydrogens (tertiary/aromatic N) is 1. The van der Waals surface area contributed by atoms with Crippen LogP contribution >= 0.6 is 0 Å². The Labute approximate surface area is 106 Å². The van der Waals surface area contributed by atoms with E-state index in [0.29, 0.717) is 11.1 Å². The standard InChI is InChI=1S/C14H15NO3/c1-9(2)8-14(3,18)15-12(16)10-6-4-5-7-11(10)13(15)17/h4-8,18H,1-3H3. The van der Waals surface area contributed by atoms with Crippen LogP contribution in [-0.2, 0) is 0 Å². The lowest BCUT2D eigenvalue weighted by molar-refractivity contribution is -0.0214. The second-order valence-electron chi connectivity index (χ2n) is 4.81. The van der Waals surface area contributed by atoms with Crippen LogP contribution in [0.5, 0.6) is 0 Å². The van der Waals surface area contributed by atoms with Crippen molar-refractivity contribution < 1.29 is 14.7 Å². The molecule has 0 fully saturated rings. The number of hydrogen-bond acceptors (Lipinski definition) is 3. The van der Waals surface area contributed by atoms with Gasteiger partial charge >= 0.3 is 0 Å². The van der Waals surface area contributed by atoms with Crippen LogP contribution in [0.4, 0.5) is 0 Å². The van der Waals surface area contributed by atoms with Crippen LogP contribution in [0.3, 0.4) is 0 Å². The average Bonchev–Trinajstić information content (AvgIpc) is 2.51. The predicted octanol–water partition coefficient (Wildman–Crippen LogP) is 1.96. The molecule has 1 aromatic carbocycles. The molecular weight excluding hydrogens is 230 g/mol. The molecule has 1 unspecified atom stereocenters. The molecule has 0 spiro atoms. The van der Waals surface area contributed by atoms with Crippen LogP contribution in [0.15, 0.2) is 35.9 Å². The lowest BCUT2D eigenvalue weighted by Crippen LogP contribution is -2.48. The van der Waals surface area contributed by atoms with E-state index in [-0.39, 0.29) is 0 Å². The van der Waals surface area contributed by atoms with Crippen molar-refractivity contribution in [2.75, 3.05) is 0 Å². The molecule has 0 radical (unpaired) electrons. The Kier molecular flexibility index (Phi) is 2.83. The smallest absolute Gasteiger partial charge is 0.264 e. The molecule has 1 atom stereocenters. The summed E-state index contributed by atoms with van der Waals surface area (Å²) in [7, 11) is 0. The van der Waals surface area contributed by atoms with E-state index in [1.165, 1.54) is 13.0 Å². The molecule has 0 saturated carbocycles. The molecule has 1 heterocycles. The molecule has 2 rings (SSSR count). The Bertz CT molecular complexity index is 519. The zero-order valence-corrected chi connectivity index (χ0v) is 10.6. The van der Waals surface area contributed by atoms with Crippen LogP contribution in [-0.4, -0.2) is 27.5 Å². The van der Waals surface area contributed by atoms with E-state index < -0.39 is 17.5 Å². The highest BCUT2D eigenvalue weighted by Crippen LogP contribution is 2.29. The van der Waals surface area contributed by atoms with E-state index >= 15 is 0 Å². The van der Waals surface area contributed by atoms with Crippen molar-refractivity contribution in [3.63, 3.8) is 0 Å². The third-order valence-corrected chi connectivity index (χ3v) is 2.81. The Morgan fingerprint density at radius 2 is 1.61 bits per heavy atom. The molecule has 4 nitrogen and oxygen atoms in total. The normalized spacial score (nSPS) is 17.4. The van der Waals surface area contributed by atoms with Crippen molar-refractivity contribution in [1.29, 1.82) is 0 Å². The van der Waals surface area contributed by atoms with E-state index in [2.05, 4.69) is 0 Å². The molecule has 1 N–H and O–H groups in total. The fraction of sp³-hybridized carbons (Fsp3) is 0.286. The minimum absolute atomic E-state index is 0.338. The number of hydrogen-bond donors (Lipinski definition) is 1. The van der Waals surface area contributed by atoms with Gasteiger partial charge < -0.3 is 5.11 Å². The van der Waals surface area contributed by atoms with Gasteiger partial charge in [-0.3, -0.25) is 9.59 Å². The highest BCUT2D eigenvalue weighted by Gasteiger charge is 2.44. The Hall–Kier alpha value is -1.94. The van der Waals surface area contributed by atoms with Gasteiger partial charge in [0.05, 0.1) is 11.1 Å². The molecule has 1 aliphatic rings. The molecule has 18 heavy (non-hydrogen) atoms. The number of amides is 2. The van der Waals surface area contributed by atoms with Crippen LogP contribution in [0, 0.1) is 0 Å².